The predicted octanol–water partition coefficient (Wildman–Crippen LogP) is 0.729. The maximum absolute atomic E-state index is 11.0. The lowest BCUT2D eigenvalue weighted by atomic mass is 10.2. The fourth-order valence-electron chi connectivity index (χ4n) is 1.67. The molecule has 1 fully saturated rings. The van der Waals surface area contributed by atoms with Gasteiger partial charge >= 0.3 is 5.69 Å². The number of carbonyl (C=O) groups is 1. The molecule has 1 aliphatic heterocycles. The molecule has 1 aliphatic rings. The van der Waals surface area contributed by atoms with Crippen molar-refractivity contribution in [1.82, 2.24) is 15.3 Å². The number of hydrogen-bond acceptors (Lipinski definition) is 6. The molecule has 1 amide bonds. The highest BCUT2D eigenvalue weighted by Gasteiger charge is 2.22. The summed E-state index contributed by atoms with van der Waals surface area (Å²) < 4.78 is 0. The van der Waals surface area contributed by atoms with E-state index in [1.165, 1.54) is 0 Å². The highest BCUT2D eigenvalue weighted by molar-refractivity contribution is 6.28. The van der Waals surface area contributed by atoms with E-state index in [1.54, 1.807) is 0 Å². The third-order valence-corrected chi connectivity index (χ3v) is 2.72. The van der Waals surface area contributed by atoms with Crippen LogP contribution in [0.5, 0.6) is 0 Å². The number of nitrogens with one attached hydrogen (secondary N) is 2. The van der Waals surface area contributed by atoms with E-state index in [4.69, 9.17) is 11.6 Å². The van der Waals surface area contributed by atoms with E-state index in [0.29, 0.717) is 19.4 Å². The molecule has 0 aliphatic carbocycles. The molecule has 96 valence electrons. The minimum absolute atomic E-state index is 0.0166. The number of nitro groups is 1. The van der Waals surface area contributed by atoms with Crippen LogP contribution >= 0.6 is 11.6 Å². The van der Waals surface area contributed by atoms with Crippen LogP contribution in [0.4, 0.5) is 11.5 Å². The first-order valence-corrected chi connectivity index (χ1v) is 5.64. The molecular formula is C9H10ClN5O3. The quantitative estimate of drug-likeness (QED) is 0.474. The summed E-state index contributed by atoms with van der Waals surface area (Å²) in [5.74, 6) is 0.0400. The Labute approximate surface area is 107 Å². The number of aromatic nitrogens is 2. The van der Waals surface area contributed by atoms with Crippen LogP contribution in [0.25, 0.3) is 0 Å². The van der Waals surface area contributed by atoms with E-state index >= 15 is 0 Å². The molecule has 2 N–H and O–H groups in total. The highest BCUT2D eigenvalue weighted by Crippen LogP contribution is 2.22. The van der Waals surface area contributed by atoms with Crippen LogP contribution in [0.3, 0.4) is 0 Å². The van der Waals surface area contributed by atoms with Gasteiger partial charge in [0.2, 0.25) is 17.0 Å². The van der Waals surface area contributed by atoms with Crippen molar-refractivity contribution < 1.29 is 9.72 Å². The second-order valence-corrected chi connectivity index (χ2v) is 4.15. The second-order valence-electron chi connectivity index (χ2n) is 3.81. The van der Waals surface area contributed by atoms with Gasteiger partial charge in [-0.15, -0.1) is 0 Å². The smallest absolute Gasteiger partial charge is 0.329 e. The monoisotopic (exact) mass is 271 g/mol. The topological polar surface area (TPSA) is 110 Å². The summed E-state index contributed by atoms with van der Waals surface area (Å²) in [5, 5.41) is 16.2. The summed E-state index contributed by atoms with van der Waals surface area (Å²) >= 11 is 5.59. The lowest BCUT2D eigenvalue weighted by molar-refractivity contribution is -0.384. The van der Waals surface area contributed by atoms with Gasteiger partial charge in [-0.25, -0.2) is 4.98 Å². The van der Waals surface area contributed by atoms with Crippen LogP contribution in [0.2, 0.25) is 5.28 Å². The maximum atomic E-state index is 11.0. The molecule has 0 bridgehead atoms. The third kappa shape index (κ3) is 2.83. The lowest BCUT2D eigenvalue weighted by Gasteiger charge is -2.11. The molecule has 1 unspecified atom stereocenters. The Morgan fingerprint density at radius 1 is 1.67 bits per heavy atom. The lowest BCUT2D eigenvalue weighted by Crippen LogP contribution is -2.32. The Bertz CT molecular complexity index is 495. The van der Waals surface area contributed by atoms with Gasteiger partial charge in [0.1, 0.15) is 6.20 Å². The fourth-order valence-corrected chi connectivity index (χ4v) is 1.80. The maximum Gasteiger partial charge on any atom is 0.329 e. The summed E-state index contributed by atoms with van der Waals surface area (Å²) in [6.07, 6.45) is 2.21. The molecule has 1 aromatic rings. The highest BCUT2D eigenvalue weighted by atomic mass is 35.5. The largest absolute Gasteiger partial charge is 0.362 e. The summed E-state index contributed by atoms with van der Waals surface area (Å²) in [6, 6.07) is -0.0501. The Morgan fingerprint density at radius 2 is 2.44 bits per heavy atom. The number of anilines is 1. The summed E-state index contributed by atoms with van der Waals surface area (Å²) in [7, 11) is 0. The molecule has 1 atom stereocenters. The molecule has 8 nitrogen and oxygen atoms in total. The summed E-state index contributed by atoms with van der Waals surface area (Å²) in [6.45, 7) is 0.361. The molecule has 0 aromatic carbocycles. The first kappa shape index (κ1) is 12.5. The van der Waals surface area contributed by atoms with Crippen molar-refractivity contribution in [3.05, 3.63) is 21.6 Å². The zero-order valence-corrected chi connectivity index (χ0v) is 9.98. The molecule has 0 saturated carbocycles. The Morgan fingerprint density at radius 3 is 3.06 bits per heavy atom. The average Bonchev–Trinajstić information content (AvgIpc) is 2.72. The average molecular weight is 272 g/mol. The predicted molar refractivity (Wildman–Crippen MR) is 63.4 cm³/mol. The first-order valence-electron chi connectivity index (χ1n) is 5.26. The van der Waals surface area contributed by atoms with Crippen LogP contribution in [0.1, 0.15) is 12.8 Å². The van der Waals surface area contributed by atoms with Crippen molar-refractivity contribution in [3.8, 4) is 0 Å². The minimum atomic E-state index is -0.591. The van der Waals surface area contributed by atoms with Gasteiger partial charge in [0, 0.05) is 19.0 Å². The molecular weight excluding hydrogens is 262 g/mol. The number of halogens is 1. The zero-order valence-electron chi connectivity index (χ0n) is 9.22. The van der Waals surface area contributed by atoms with Gasteiger partial charge in [0.05, 0.1) is 4.92 Å². The van der Waals surface area contributed by atoms with Crippen LogP contribution in [-0.2, 0) is 4.79 Å². The second kappa shape index (κ2) is 5.13. The number of hydrogen-bond donors (Lipinski definition) is 2. The SMILES string of the molecule is O=C1CCC(CNc2nc(Cl)ncc2[N+](=O)[O-])N1. The van der Waals surface area contributed by atoms with E-state index in [0.717, 1.165) is 6.20 Å². The van der Waals surface area contributed by atoms with Gasteiger partial charge in [-0.05, 0) is 18.0 Å². The van der Waals surface area contributed by atoms with Crippen LogP contribution < -0.4 is 10.6 Å². The molecule has 1 aromatic heterocycles. The van der Waals surface area contributed by atoms with Crippen LogP contribution in [0.15, 0.2) is 6.20 Å². The zero-order chi connectivity index (χ0) is 13.1. The van der Waals surface area contributed by atoms with E-state index in [2.05, 4.69) is 20.6 Å². The Kier molecular flexibility index (Phi) is 3.56. The van der Waals surface area contributed by atoms with Crippen molar-refractivity contribution >= 4 is 29.0 Å². The third-order valence-electron chi connectivity index (χ3n) is 2.54. The van der Waals surface area contributed by atoms with Crippen LogP contribution in [0, 0.1) is 10.1 Å². The molecule has 18 heavy (non-hydrogen) atoms. The molecule has 1 saturated heterocycles. The van der Waals surface area contributed by atoms with Gasteiger partial charge in [-0.1, -0.05) is 0 Å². The van der Waals surface area contributed by atoms with E-state index in [1.807, 2.05) is 0 Å². The molecule has 0 spiro atoms. The van der Waals surface area contributed by atoms with E-state index in [9.17, 15) is 14.9 Å². The van der Waals surface area contributed by atoms with Gasteiger partial charge < -0.3 is 10.6 Å². The molecule has 2 heterocycles. The van der Waals surface area contributed by atoms with Gasteiger partial charge in [-0.2, -0.15) is 4.98 Å². The van der Waals surface area contributed by atoms with E-state index < -0.39 is 4.92 Å². The number of amides is 1. The van der Waals surface area contributed by atoms with Crippen molar-refractivity contribution in [2.24, 2.45) is 0 Å². The van der Waals surface area contributed by atoms with Gasteiger partial charge in [0.25, 0.3) is 0 Å². The Hall–Kier alpha value is -1.96. The van der Waals surface area contributed by atoms with Crippen molar-refractivity contribution in [2.75, 3.05) is 11.9 Å². The summed E-state index contributed by atoms with van der Waals surface area (Å²) in [5.41, 5.74) is -0.247. The minimum Gasteiger partial charge on any atom is -0.362 e. The van der Waals surface area contributed by atoms with Crippen molar-refractivity contribution in [1.29, 1.82) is 0 Å². The fraction of sp³-hybridized carbons (Fsp3) is 0.444. The Balaban J connectivity index is 2.06. The van der Waals surface area contributed by atoms with Gasteiger partial charge in [0.15, 0.2) is 0 Å². The first-order chi connectivity index (χ1) is 8.56. The van der Waals surface area contributed by atoms with Crippen LogP contribution in [-0.4, -0.2) is 33.4 Å². The standard InChI is InChI=1S/C9H10ClN5O3/c10-9-12-4-6(15(17)18)8(14-9)11-3-5-1-2-7(16)13-5/h4-5H,1-3H2,(H,13,16)(H,11,12,14). The summed E-state index contributed by atoms with van der Waals surface area (Å²) in [4.78, 5) is 28.5. The van der Waals surface area contributed by atoms with E-state index in [-0.39, 0.29) is 28.7 Å². The molecule has 0 radical (unpaired) electrons. The number of rotatable bonds is 4. The normalized spacial score (nSPS) is 18.5. The number of carbonyl (C=O) groups excluding carboxylic acids is 1. The molecule has 2 rings (SSSR count). The van der Waals surface area contributed by atoms with Crippen molar-refractivity contribution in [2.45, 2.75) is 18.9 Å². The van der Waals surface area contributed by atoms with Crippen molar-refractivity contribution in [3.63, 3.8) is 0 Å². The molecule has 9 heteroatoms. The number of nitrogens with zero attached hydrogens (tertiary/aromatic N) is 3. The van der Waals surface area contributed by atoms with Gasteiger partial charge in [-0.3, -0.25) is 14.9 Å².